The van der Waals surface area contributed by atoms with E-state index in [1.807, 2.05) is 40.8 Å². The van der Waals surface area contributed by atoms with Crippen LogP contribution in [0.25, 0.3) is 0 Å². The maximum atomic E-state index is 13.2. The largest absolute Gasteiger partial charge is 0.482 e. The SMILES string of the molecule is Bc1ccc(S(=O)(=O)N(CCC)C[C@@H](C)Sc2ccc(OCC(=O)O)c(C)c2)cc1Cl. The monoisotopic (exact) mass is 483 g/mol. The molecule has 0 amide bonds. The number of nitrogens with zero attached hydrogens (tertiary/aromatic N) is 1. The van der Waals surface area contributed by atoms with Crippen molar-refractivity contribution in [3.63, 3.8) is 0 Å². The Morgan fingerprint density at radius 1 is 1.29 bits per heavy atom. The number of rotatable bonds is 11. The molecule has 2 aromatic carbocycles. The lowest BCUT2D eigenvalue weighted by atomic mass is 9.97. The number of benzene rings is 2. The maximum absolute atomic E-state index is 13.2. The molecular weight excluding hydrogens is 457 g/mol. The zero-order valence-corrected chi connectivity index (χ0v) is 20.5. The number of aryl methyl sites for hydroxylation is 1. The van der Waals surface area contributed by atoms with Crippen LogP contribution >= 0.6 is 23.4 Å². The molecular formula is C21H27BClNO5S2. The molecule has 1 atom stereocenters. The van der Waals surface area contributed by atoms with Crippen molar-refractivity contribution in [2.24, 2.45) is 0 Å². The summed E-state index contributed by atoms with van der Waals surface area (Å²) in [6, 6.07) is 10.3. The standard InChI is InChI=1S/C21H27BClNO5S2/c1-4-9-24(31(27,28)17-6-7-18(22)19(23)11-17)12-15(3)30-16-5-8-20(14(2)10-16)29-13-21(25)26/h5-8,10-11,15H,4,9,12-13,22H2,1-3H3,(H,25,26)/t15-/m1/s1. The number of carboxylic acids is 1. The number of hydrogen-bond acceptors (Lipinski definition) is 5. The third-order valence-corrected chi connectivity index (χ3v) is 7.90. The Hall–Kier alpha value is -1.68. The van der Waals surface area contributed by atoms with Gasteiger partial charge in [0.15, 0.2) is 6.61 Å². The van der Waals surface area contributed by atoms with Crippen LogP contribution in [-0.4, -0.2) is 56.6 Å². The van der Waals surface area contributed by atoms with Crippen LogP contribution in [0.1, 0.15) is 25.8 Å². The van der Waals surface area contributed by atoms with E-state index >= 15 is 0 Å². The average Bonchev–Trinajstić information content (AvgIpc) is 2.68. The van der Waals surface area contributed by atoms with E-state index in [4.69, 9.17) is 21.4 Å². The van der Waals surface area contributed by atoms with Gasteiger partial charge >= 0.3 is 5.97 Å². The number of sulfonamides is 1. The Bertz CT molecular complexity index is 1030. The molecule has 0 aliphatic rings. The Balaban J connectivity index is 2.13. The van der Waals surface area contributed by atoms with E-state index < -0.39 is 22.6 Å². The highest BCUT2D eigenvalue weighted by Crippen LogP contribution is 2.30. The van der Waals surface area contributed by atoms with Gasteiger partial charge in [-0.15, -0.1) is 11.8 Å². The summed E-state index contributed by atoms with van der Waals surface area (Å²) in [5.74, 6) is -0.510. The Morgan fingerprint density at radius 2 is 2.00 bits per heavy atom. The first-order valence-corrected chi connectivity index (χ1v) is 12.6. The van der Waals surface area contributed by atoms with Crippen molar-refractivity contribution in [3.05, 3.63) is 47.0 Å². The molecule has 1 N–H and O–H groups in total. The number of aliphatic carboxylic acids is 1. The highest BCUT2D eigenvalue weighted by molar-refractivity contribution is 8.00. The Kier molecular flexibility index (Phi) is 9.30. The normalized spacial score (nSPS) is 12.7. The van der Waals surface area contributed by atoms with Crippen LogP contribution in [0.5, 0.6) is 5.75 Å². The molecule has 6 nitrogen and oxygen atoms in total. The van der Waals surface area contributed by atoms with Crippen molar-refractivity contribution < 1.29 is 23.1 Å². The number of halogens is 1. The van der Waals surface area contributed by atoms with E-state index in [2.05, 4.69) is 0 Å². The first-order chi connectivity index (χ1) is 14.5. The topological polar surface area (TPSA) is 83.9 Å². The van der Waals surface area contributed by atoms with Gasteiger partial charge in [0.25, 0.3) is 0 Å². The number of carbonyl (C=O) groups is 1. The summed E-state index contributed by atoms with van der Waals surface area (Å²) in [4.78, 5) is 11.8. The summed E-state index contributed by atoms with van der Waals surface area (Å²) < 4.78 is 33.1. The first kappa shape index (κ1) is 25.6. The molecule has 31 heavy (non-hydrogen) atoms. The third kappa shape index (κ3) is 7.17. The molecule has 0 bridgehead atoms. The Morgan fingerprint density at radius 3 is 2.58 bits per heavy atom. The fourth-order valence-corrected chi connectivity index (χ4v) is 6.09. The predicted molar refractivity (Wildman–Crippen MR) is 128 cm³/mol. The predicted octanol–water partition coefficient (Wildman–Crippen LogP) is 2.95. The lowest BCUT2D eigenvalue weighted by Gasteiger charge is -2.25. The Labute approximate surface area is 194 Å². The van der Waals surface area contributed by atoms with Crippen molar-refractivity contribution in [2.45, 2.75) is 42.2 Å². The minimum absolute atomic E-state index is 0.00701. The number of thioether (sulfide) groups is 1. The molecule has 0 aliphatic heterocycles. The van der Waals surface area contributed by atoms with Crippen molar-refractivity contribution in [1.82, 2.24) is 4.31 Å². The van der Waals surface area contributed by atoms with Crippen LogP contribution < -0.4 is 10.2 Å². The molecule has 2 rings (SSSR count). The molecule has 0 fully saturated rings. The molecule has 0 saturated heterocycles. The molecule has 2 aromatic rings. The molecule has 0 aromatic heterocycles. The van der Waals surface area contributed by atoms with Crippen LogP contribution in [0.15, 0.2) is 46.2 Å². The second-order valence-corrected chi connectivity index (χ2v) is 11.2. The average molecular weight is 484 g/mol. The summed E-state index contributed by atoms with van der Waals surface area (Å²) in [7, 11) is -1.83. The van der Waals surface area contributed by atoms with E-state index in [9.17, 15) is 13.2 Å². The van der Waals surface area contributed by atoms with E-state index in [1.165, 1.54) is 10.4 Å². The lowest BCUT2D eigenvalue weighted by molar-refractivity contribution is -0.139. The molecule has 0 heterocycles. The van der Waals surface area contributed by atoms with Gasteiger partial charge in [0, 0.05) is 28.3 Å². The van der Waals surface area contributed by atoms with Gasteiger partial charge in [-0.2, -0.15) is 4.31 Å². The zero-order chi connectivity index (χ0) is 23.2. The molecule has 10 heteroatoms. The molecule has 168 valence electrons. The van der Waals surface area contributed by atoms with Gasteiger partial charge < -0.3 is 9.84 Å². The first-order valence-electron chi connectivity index (χ1n) is 9.92. The van der Waals surface area contributed by atoms with Gasteiger partial charge in [-0.1, -0.05) is 37.0 Å². The fourth-order valence-electron chi connectivity index (χ4n) is 3.00. The van der Waals surface area contributed by atoms with E-state index in [0.29, 0.717) is 30.3 Å². The molecule has 0 radical (unpaired) electrons. The van der Waals surface area contributed by atoms with E-state index in [-0.39, 0.29) is 10.1 Å². The van der Waals surface area contributed by atoms with Gasteiger partial charge in [-0.3, -0.25) is 0 Å². The van der Waals surface area contributed by atoms with Crippen LogP contribution in [-0.2, 0) is 14.8 Å². The van der Waals surface area contributed by atoms with Crippen LogP contribution in [0.4, 0.5) is 0 Å². The fraction of sp³-hybridized carbons (Fsp3) is 0.381. The third-order valence-electron chi connectivity index (χ3n) is 4.55. The second kappa shape index (κ2) is 11.3. The van der Waals surface area contributed by atoms with Gasteiger partial charge in [-0.25, -0.2) is 13.2 Å². The summed E-state index contributed by atoms with van der Waals surface area (Å²) in [6.45, 7) is 6.15. The van der Waals surface area contributed by atoms with Crippen LogP contribution in [0.2, 0.25) is 5.02 Å². The van der Waals surface area contributed by atoms with E-state index in [1.54, 1.807) is 30.0 Å². The molecule has 0 unspecified atom stereocenters. The quantitative estimate of drug-likeness (QED) is 0.391. The minimum Gasteiger partial charge on any atom is -0.482 e. The van der Waals surface area contributed by atoms with Crippen molar-refractivity contribution in [1.29, 1.82) is 0 Å². The number of hydrogen-bond donors (Lipinski definition) is 1. The number of ether oxygens (including phenoxy) is 1. The summed E-state index contributed by atoms with van der Waals surface area (Å²) in [5, 5.41) is 9.18. The van der Waals surface area contributed by atoms with Gasteiger partial charge in [-0.05, 0) is 49.2 Å². The maximum Gasteiger partial charge on any atom is 0.341 e. The summed E-state index contributed by atoms with van der Waals surface area (Å²) >= 11 is 7.71. The van der Waals surface area contributed by atoms with Gasteiger partial charge in [0.05, 0.1) is 4.90 Å². The molecule has 0 aliphatic carbocycles. The van der Waals surface area contributed by atoms with E-state index in [0.717, 1.165) is 15.9 Å². The molecule has 0 saturated carbocycles. The van der Waals surface area contributed by atoms with Gasteiger partial charge in [0.2, 0.25) is 10.0 Å². The molecule has 0 spiro atoms. The van der Waals surface area contributed by atoms with Crippen molar-refractivity contribution in [2.75, 3.05) is 19.7 Å². The van der Waals surface area contributed by atoms with Crippen LogP contribution in [0, 0.1) is 6.92 Å². The lowest BCUT2D eigenvalue weighted by Crippen LogP contribution is -2.36. The van der Waals surface area contributed by atoms with Crippen molar-refractivity contribution >= 4 is 52.7 Å². The van der Waals surface area contributed by atoms with Crippen molar-refractivity contribution in [3.8, 4) is 5.75 Å². The smallest absolute Gasteiger partial charge is 0.341 e. The highest BCUT2D eigenvalue weighted by atomic mass is 35.5. The summed E-state index contributed by atoms with van der Waals surface area (Å²) in [5.41, 5.74) is 1.66. The number of carboxylic acid groups (broad SMARTS) is 1. The second-order valence-electron chi connectivity index (χ2n) is 7.31. The zero-order valence-electron chi connectivity index (χ0n) is 18.1. The van der Waals surface area contributed by atoms with Crippen LogP contribution in [0.3, 0.4) is 0 Å². The minimum atomic E-state index is -3.66. The summed E-state index contributed by atoms with van der Waals surface area (Å²) in [6.07, 6.45) is 0.699. The highest BCUT2D eigenvalue weighted by Gasteiger charge is 2.26. The van der Waals surface area contributed by atoms with Gasteiger partial charge in [0.1, 0.15) is 13.6 Å².